The number of aromatic nitrogens is 2. The molecule has 0 amide bonds. The average molecular weight is 252 g/mol. The van der Waals surface area contributed by atoms with Crippen LogP contribution in [-0.2, 0) is 0 Å². The predicted octanol–water partition coefficient (Wildman–Crippen LogP) is 1.79. The lowest BCUT2D eigenvalue weighted by atomic mass is 9.93. The topological polar surface area (TPSA) is 50.3 Å². The fourth-order valence-electron chi connectivity index (χ4n) is 2.05. The molecule has 0 atom stereocenters. The molecule has 0 aliphatic heterocycles. The smallest absolute Gasteiger partial charge is 0.221 e. The van der Waals surface area contributed by atoms with Crippen LogP contribution in [0.1, 0.15) is 19.4 Å². The highest BCUT2D eigenvalue weighted by atomic mass is 16.5. The molecule has 5 heteroatoms. The number of anilines is 1. The third-order valence-corrected chi connectivity index (χ3v) is 2.71. The molecule has 0 aliphatic carbocycles. The zero-order valence-electron chi connectivity index (χ0n) is 12.2. The van der Waals surface area contributed by atoms with Crippen molar-refractivity contribution in [3.05, 3.63) is 11.9 Å². The Bertz CT molecular complexity index is 391. The first-order valence-electron chi connectivity index (χ1n) is 6.10. The van der Waals surface area contributed by atoms with Gasteiger partial charge in [-0.25, -0.2) is 9.97 Å². The quantitative estimate of drug-likeness (QED) is 0.836. The van der Waals surface area contributed by atoms with Gasteiger partial charge in [-0.1, -0.05) is 13.8 Å². The molecule has 0 fully saturated rings. The van der Waals surface area contributed by atoms with Crippen molar-refractivity contribution in [3.8, 4) is 5.88 Å². The van der Waals surface area contributed by atoms with Crippen LogP contribution in [0.15, 0.2) is 6.33 Å². The number of nitrogens with zero attached hydrogens (tertiary/aromatic N) is 3. The molecule has 18 heavy (non-hydrogen) atoms. The molecule has 0 aromatic carbocycles. The Morgan fingerprint density at radius 1 is 1.33 bits per heavy atom. The summed E-state index contributed by atoms with van der Waals surface area (Å²) in [6.45, 7) is 8.29. The fourth-order valence-corrected chi connectivity index (χ4v) is 2.05. The van der Waals surface area contributed by atoms with E-state index in [4.69, 9.17) is 4.74 Å². The Morgan fingerprint density at radius 2 is 2.00 bits per heavy atom. The SMILES string of the molecule is COc1ncnc(NCC(C)(C)CN(C)C)c1C. The number of nitrogens with one attached hydrogen (secondary N) is 1. The van der Waals surface area contributed by atoms with Gasteiger partial charge in [0, 0.05) is 13.1 Å². The molecule has 0 saturated carbocycles. The van der Waals surface area contributed by atoms with Gasteiger partial charge in [0.05, 0.1) is 12.7 Å². The van der Waals surface area contributed by atoms with Gasteiger partial charge in [0.2, 0.25) is 5.88 Å². The van der Waals surface area contributed by atoms with Crippen molar-refractivity contribution in [1.29, 1.82) is 0 Å². The molecule has 0 spiro atoms. The predicted molar refractivity (Wildman–Crippen MR) is 74.1 cm³/mol. The number of ether oxygens (including phenoxy) is 1. The molecule has 0 radical (unpaired) electrons. The largest absolute Gasteiger partial charge is 0.481 e. The van der Waals surface area contributed by atoms with Gasteiger partial charge < -0.3 is 15.0 Å². The van der Waals surface area contributed by atoms with E-state index in [9.17, 15) is 0 Å². The molecular formula is C13H24N4O. The molecule has 1 heterocycles. The standard InChI is InChI=1S/C13H24N4O/c1-10-11(15-9-16-12(10)18-6)14-7-13(2,3)8-17(4)5/h9H,7-8H2,1-6H3,(H,14,15,16). The van der Waals surface area contributed by atoms with Crippen molar-refractivity contribution >= 4 is 5.82 Å². The maximum atomic E-state index is 5.18. The summed E-state index contributed by atoms with van der Waals surface area (Å²) in [4.78, 5) is 10.5. The summed E-state index contributed by atoms with van der Waals surface area (Å²) in [6, 6.07) is 0. The van der Waals surface area contributed by atoms with E-state index in [0.717, 1.165) is 24.5 Å². The Hall–Kier alpha value is -1.36. The van der Waals surface area contributed by atoms with E-state index in [2.05, 4.69) is 48.1 Å². The highest BCUT2D eigenvalue weighted by molar-refractivity contribution is 5.47. The molecule has 1 N–H and O–H groups in total. The van der Waals surface area contributed by atoms with Crippen molar-refractivity contribution in [1.82, 2.24) is 14.9 Å². The van der Waals surface area contributed by atoms with Gasteiger partial charge in [0.25, 0.3) is 0 Å². The summed E-state index contributed by atoms with van der Waals surface area (Å²) in [7, 11) is 5.79. The molecule has 5 nitrogen and oxygen atoms in total. The molecule has 0 unspecified atom stereocenters. The Morgan fingerprint density at radius 3 is 2.56 bits per heavy atom. The molecular weight excluding hydrogens is 228 g/mol. The first kappa shape index (κ1) is 14.7. The van der Waals surface area contributed by atoms with E-state index in [1.54, 1.807) is 7.11 Å². The molecule has 0 bridgehead atoms. The number of methoxy groups -OCH3 is 1. The summed E-state index contributed by atoms with van der Waals surface area (Å²) in [5.74, 6) is 1.46. The van der Waals surface area contributed by atoms with Crippen LogP contribution in [0, 0.1) is 12.3 Å². The minimum atomic E-state index is 0.175. The van der Waals surface area contributed by atoms with Gasteiger partial charge in [-0.2, -0.15) is 0 Å². The molecule has 1 aromatic rings. The Labute approximate surface area is 110 Å². The second-order valence-electron chi connectivity index (χ2n) is 5.61. The maximum absolute atomic E-state index is 5.18. The highest BCUT2D eigenvalue weighted by Gasteiger charge is 2.19. The normalized spacial score (nSPS) is 11.7. The number of rotatable bonds is 6. The molecule has 0 aliphatic rings. The van der Waals surface area contributed by atoms with E-state index in [1.807, 2.05) is 6.92 Å². The summed E-state index contributed by atoms with van der Waals surface area (Å²) in [5.41, 5.74) is 1.12. The third kappa shape index (κ3) is 4.14. The van der Waals surface area contributed by atoms with Crippen LogP contribution in [0.25, 0.3) is 0 Å². The zero-order chi connectivity index (χ0) is 13.8. The monoisotopic (exact) mass is 252 g/mol. The van der Waals surface area contributed by atoms with E-state index < -0.39 is 0 Å². The van der Waals surface area contributed by atoms with Crippen LogP contribution in [0.5, 0.6) is 5.88 Å². The van der Waals surface area contributed by atoms with E-state index >= 15 is 0 Å². The highest BCUT2D eigenvalue weighted by Crippen LogP contribution is 2.22. The fraction of sp³-hybridized carbons (Fsp3) is 0.692. The second kappa shape index (κ2) is 6.00. The first-order chi connectivity index (χ1) is 8.35. The van der Waals surface area contributed by atoms with Crippen molar-refractivity contribution in [2.45, 2.75) is 20.8 Å². The second-order valence-corrected chi connectivity index (χ2v) is 5.61. The lowest BCUT2D eigenvalue weighted by Gasteiger charge is -2.28. The van der Waals surface area contributed by atoms with Crippen LogP contribution in [0.2, 0.25) is 0 Å². The molecule has 102 valence electrons. The minimum Gasteiger partial charge on any atom is -0.481 e. The van der Waals surface area contributed by atoms with Gasteiger partial charge >= 0.3 is 0 Å². The van der Waals surface area contributed by atoms with Crippen LogP contribution >= 0.6 is 0 Å². The van der Waals surface area contributed by atoms with Gasteiger partial charge in [0.15, 0.2) is 0 Å². The van der Waals surface area contributed by atoms with Crippen LogP contribution in [0.4, 0.5) is 5.82 Å². The van der Waals surface area contributed by atoms with Crippen molar-refractivity contribution in [2.75, 3.05) is 39.6 Å². The minimum absolute atomic E-state index is 0.175. The van der Waals surface area contributed by atoms with Crippen LogP contribution in [-0.4, -0.2) is 49.2 Å². The molecule has 1 rings (SSSR count). The zero-order valence-corrected chi connectivity index (χ0v) is 12.2. The number of hydrogen-bond acceptors (Lipinski definition) is 5. The van der Waals surface area contributed by atoms with Crippen LogP contribution < -0.4 is 10.1 Å². The van der Waals surface area contributed by atoms with Crippen molar-refractivity contribution in [2.24, 2.45) is 5.41 Å². The van der Waals surface area contributed by atoms with Crippen LogP contribution in [0.3, 0.4) is 0 Å². The Kier molecular flexibility index (Phi) is 4.90. The summed E-state index contributed by atoms with van der Waals surface area (Å²) >= 11 is 0. The van der Waals surface area contributed by atoms with Gasteiger partial charge in [-0.3, -0.25) is 0 Å². The molecule has 1 aromatic heterocycles. The van der Waals surface area contributed by atoms with Gasteiger partial charge in [-0.15, -0.1) is 0 Å². The third-order valence-electron chi connectivity index (χ3n) is 2.71. The summed E-state index contributed by atoms with van der Waals surface area (Å²) in [5, 5.41) is 3.38. The summed E-state index contributed by atoms with van der Waals surface area (Å²) < 4.78 is 5.18. The summed E-state index contributed by atoms with van der Waals surface area (Å²) in [6.07, 6.45) is 1.52. The first-order valence-corrected chi connectivity index (χ1v) is 6.10. The average Bonchev–Trinajstić information content (AvgIpc) is 2.26. The van der Waals surface area contributed by atoms with Crippen molar-refractivity contribution in [3.63, 3.8) is 0 Å². The van der Waals surface area contributed by atoms with E-state index in [1.165, 1.54) is 6.33 Å². The van der Waals surface area contributed by atoms with Gasteiger partial charge in [-0.05, 0) is 26.4 Å². The Balaban J connectivity index is 2.69. The van der Waals surface area contributed by atoms with E-state index in [0.29, 0.717) is 5.88 Å². The molecule has 0 saturated heterocycles. The number of hydrogen-bond donors (Lipinski definition) is 1. The maximum Gasteiger partial charge on any atom is 0.221 e. The lowest BCUT2D eigenvalue weighted by molar-refractivity contribution is 0.254. The van der Waals surface area contributed by atoms with E-state index in [-0.39, 0.29) is 5.41 Å². The van der Waals surface area contributed by atoms with Crippen molar-refractivity contribution < 1.29 is 4.74 Å². The lowest BCUT2D eigenvalue weighted by Crippen LogP contribution is -2.34. The van der Waals surface area contributed by atoms with Gasteiger partial charge in [0.1, 0.15) is 12.1 Å².